The van der Waals surface area contributed by atoms with Crippen LogP contribution in [0.4, 0.5) is 13.2 Å². The summed E-state index contributed by atoms with van der Waals surface area (Å²) in [5, 5.41) is 0. The van der Waals surface area contributed by atoms with Gasteiger partial charge in [-0.3, -0.25) is 0 Å². The van der Waals surface area contributed by atoms with Crippen LogP contribution in [-0.2, 0) is 12.6 Å². The highest BCUT2D eigenvalue weighted by atomic mass is 19.4. The Kier molecular flexibility index (Phi) is 4.00. The van der Waals surface area contributed by atoms with Crippen LogP contribution in [0.3, 0.4) is 0 Å². The first kappa shape index (κ1) is 13.1. The summed E-state index contributed by atoms with van der Waals surface area (Å²) in [4.78, 5) is 0. The molecule has 1 aromatic carbocycles. The van der Waals surface area contributed by atoms with E-state index in [-0.39, 0.29) is 5.92 Å². The van der Waals surface area contributed by atoms with Crippen molar-refractivity contribution in [3.63, 3.8) is 0 Å². The molecule has 0 aliphatic carbocycles. The van der Waals surface area contributed by atoms with E-state index < -0.39 is 11.7 Å². The highest BCUT2D eigenvalue weighted by Crippen LogP contribution is 2.32. The number of alkyl halides is 3. The second kappa shape index (κ2) is 4.89. The molecule has 0 amide bonds. The minimum absolute atomic E-state index is 0.121. The van der Waals surface area contributed by atoms with Gasteiger partial charge in [0.2, 0.25) is 0 Å². The van der Waals surface area contributed by atoms with Gasteiger partial charge < -0.3 is 0 Å². The molecule has 1 aromatic rings. The molecule has 0 spiro atoms. The van der Waals surface area contributed by atoms with Crippen LogP contribution < -0.4 is 0 Å². The molecule has 0 aliphatic heterocycles. The number of benzene rings is 1. The minimum atomic E-state index is -4.27. The molecule has 1 radical (unpaired) electrons. The van der Waals surface area contributed by atoms with Crippen LogP contribution in [0.5, 0.6) is 0 Å². The molecule has 1 atom stereocenters. The fourth-order valence-electron chi connectivity index (χ4n) is 1.73. The molecule has 16 heavy (non-hydrogen) atoms. The van der Waals surface area contributed by atoms with Crippen LogP contribution in [0.1, 0.15) is 42.9 Å². The summed E-state index contributed by atoms with van der Waals surface area (Å²) in [6.45, 7) is 7.63. The predicted molar refractivity (Wildman–Crippen MR) is 59.2 cm³/mol. The van der Waals surface area contributed by atoms with Gasteiger partial charge in [-0.05, 0) is 42.5 Å². The Morgan fingerprint density at radius 1 is 1.31 bits per heavy atom. The lowest BCUT2D eigenvalue weighted by Gasteiger charge is -2.15. The SMILES string of the molecule is [CH2]C(C)c1cc(C(F)(F)F)ccc1CCC. The molecule has 0 nitrogen and oxygen atoms in total. The molecule has 0 N–H and O–H groups in total. The van der Waals surface area contributed by atoms with Gasteiger partial charge in [-0.25, -0.2) is 0 Å². The molecule has 1 rings (SSSR count). The third kappa shape index (κ3) is 3.00. The van der Waals surface area contributed by atoms with E-state index in [1.165, 1.54) is 6.07 Å². The lowest BCUT2D eigenvalue weighted by atomic mass is 9.92. The lowest BCUT2D eigenvalue weighted by Crippen LogP contribution is -2.07. The third-order valence-corrected chi connectivity index (χ3v) is 2.52. The number of hydrogen-bond donors (Lipinski definition) is 0. The second-order valence-corrected chi connectivity index (χ2v) is 4.06. The van der Waals surface area contributed by atoms with Crippen molar-refractivity contribution in [3.05, 3.63) is 41.8 Å². The van der Waals surface area contributed by atoms with Crippen molar-refractivity contribution in [2.75, 3.05) is 0 Å². The molecule has 0 saturated heterocycles. The van der Waals surface area contributed by atoms with E-state index >= 15 is 0 Å². The monoisotopic (exact) mass is 229 g/mol. The first-order chi connectivity index (χ1) is 7.36. The molecule has 0 saturated carbocycles. The molecule has 0 bridgehead atoms. The molecular weight excluding hydrogens is 213 g/mol. The van der Waals surface area contributed by atoms with Gasteiger partial charge in [-0.2, -0.15) is 13.2 Å². The first-order valence-corrected chi connectivity index (χ1v) is 5.39. The van der Waals surface area contributed by atoms with Crippen molar-refractivity contribution in [2.45, 2.75) is 38.8 Å². The van der Waals surface area contributed by atoms with Crippen molar-refractivity contribution >= 4 is 0 Å². The van der Waals surface area contributed by atoms with E-state index in [9.17, 15) is 13.2 Å². The number of hydrogen-bond acceptors (Lipinski definition) is 0. The van der Waals surface area contributed by atoms with Gasteiger partial charge in [-0.1, -0.05) is 26.3 Å². The standard InChI is InChI=1S/C13H16F3/c1-4-5-10-6-7-11(13(14,15)16)8-12(10)9(2)3/h6-9H,2,4-5H2,1,3H3. The van der Waals surface area contributed by atoms with Crippen LogP contribution in [-0.4, -0.2) is 0 Å². The van der Waals surface area contributed by atoms with Crippen molar-refractivity contribution < 1.29 is 13.2 Å². The Balaban J connectivity index is 3.17. The summed E-state index contributed by atoms with van der Waals surface area (Å²) in [6, 6.07) is 3.95. The number of halogens is 3. The van der Waals surface area contributed by atoms with Gasteiger partial charge in [0.25, 0.3) is 0 Å². The molecule has 1 unspecified atom stereocenters. The summed E-state index contributed by atoms with van der Waals surface area (Å²) >= 11 is 0. The Hall–Kier alpha value is -0.990. The maximum Gasteiger partial charge on any atom is 0.416 e. The molecule has 0 heterocycles. The largest absolute Gasteiger partial charge is 0.416 e. The highest BCUT2D eigenvalue weighted by Gasteiger charge is 2.31. The maximum atomic E-state index is 12.5. The minimum Gasteiger partial charge on any atom is -0.166 e. The molecule has 3 heteroatoms. The average molecular weight is 229 g/mol. The van der Waals surface area contributed by atoms with Gasteiger partial charge in [0.05, 0.1) is 5.56 Å². The molecule has 0 aliphatic rings. The summed E-state index contributed by atoms with van der Waals surface area (Å²) in [6.07, 6.45) is -2.55. The summed E-state index contributed by atoms with van der Waals surface area (Å²) < 4.78 is 37.6. The number of aryl methyl sites for hydroxylation is 1. The zero-order valence-electron chi connectivity index (χ0n) is 9.56. The van der Waals surface area contributed by atoms with E-state index in [1.54, 1.807) is 6.07 Å². The topological polar surface area (TPSA) is 0 Å². The number of rotatable bonds is 3. The van der Waals surface area contributed by atoms with Crippen LogP contribution in [0, 0.1) is 6.92 Å². The van der Waals surface area contributed by atoms with Gasteiger partial charge in [0, 0.05) is 0 Å². The van der Waals surface area contributed by atoms with Crippen molar-refractivity contribution in [1.82, 2.24) is 0 Å². The van der Waals surface area contributed by atoms with Crippen molar-refractivity contribution in [2.24, 2.45) is 0 Å². The van der Waals surface area contributed by atoms with E-state index in [1.807, 2.05) is 13.8 Å². The smallest absolute Gasteiger partial charge is 0.166 e. The molecule has 0 fully saturated rings. The molecular formula is C13H16F3. The third-order valence-electron chi connectivity index (χ3n) is 2.52. The lowest BCUT2D eigenvalue weighted by molar-refractivity contribution is -0.137. The van der Waals surface area contributed by atoms with E-state index in [4.69, 9.17) is 0 Å². The quantitative estimate of drug-likeness (QED) is 0.710. The van der Waals surface area contributed by atoms with E-state index in [0.717, 1.165) is 24.5 Å². The average Bonchev–Trinajstić information content (AvgIpc) is 2.16. The predicted octanol–water partition coefficient (Wildman–Crippen LogP) is 4.60. The van der Waals surface area contributed by atoms with Gasteiger partial charge in [0.1, 0.15) is 0 Å². The fraction of sp³-hybridized carbons (Fsp3) is 0.462. The Bertz CT molecular complexity index is 351. The second-order valence-electron chi connectivity index (χ2n) is 4.06. The molecule has 89 valence electrons. The van der Waals surface area contributed by atoms with Crippen LogP contribution >= 0.6 is 0 Å². The zero-order chi connectivity index (χ0) is 12.3. The van der Waals surface area contributed by atoms with Crippen molar-refractivity contribution in [3.8, 4) is 0 Å². The first-order valence-electron chi connectivity index (χ1n) is 5.39. The zero-order valence-corrected chi connectivity index (χ0v) is 9.56. The Morgan fingerprint density at radius 2 is 1.94 bits per heavy atom. The van der Waals surface area contributed by atoms with Gasteiger partial charge in [-0.15, -0.1) is 0 Å². The normalized spacial score (nSPS) is 12.2. The van der Waals surface area contributed by atoms with Gasteiger partial charge >= 0.3 is 6.18 Å². The van der Waals surface area contributed by atoms with E-state index in [2.05, 4.69) is 6.92 Å². The summed E-state index contributed by atoms with van der Waals surface area (Å²) in [5.41, 5.74) is 1.09. The van der Waals surface area contributed by atoms with E-state index in [0.29, 0.717) is 5.56 Å². The molecule has 0 aromatic heterocycles. The summed E-state index contributed by atoms with van der Waals surface area (Å²) in [7, 11) is 0. The van der Waals surface area contributed by atoms with Gasteiger partial charge in [0.15, 0.2) is 0 Å². The maximum absolute atomic E-state index is 12.5. The Labute approximate surface area is 94.5 Å². The fourth-order valence-corrected chi connectivity index (χ4v) is 1.73. The van der Waals surface area contributed by atoms with Crippen LogP contribution in [0.25, 0.3) is 0 Å². The Morgan fingerprint density at radius 3 is 2.38 bits per heavy atom. The highest BCUT2D eigenvalue weighted by molar-refractivity contribution is 5.36. The summed E-state index contributed by atoms with van der Waals surface area (Å²) in [5.74, 6) is -0.121. The van der Waals surface area contributed by atoms with Crippen molar-refractivity contribution in [1.29, 1.82) is 0 Å². The van der Waals surface area contributed by atoms with Crippen LogP contribution in [0.2, 0.25) is 0 Å². The van der Waals surface area contributed by atoms with Crippen LogP contribution in [0.15, 0.2) is 18.2 Å².